The van der Waals surface area contributed by atoms with Gasteiger partial charge >= 0.3 is 12.0 Å². The molecule has 2 N–H and O–H groups in total. The first kappa shape index (κ1) is 22.1. The maximum Gasteiger partial charge on any atom is 0.337 e. The summed E-state index contributed by atoms with van der Waals surface area (Å²) in [5.41, 5.74) is 4.47. The molecule has 0 aliphatic carbocycles. The second kappa shape index (κ2) is 9.47. The molecule has 0 atom stereocenters. The highest BCUT2D eigenvalue weighted by Gasteiger charge is 2.17. The highest BCUT2D eigenvalue weighted by molar-refractivity contribution is 5.92. The number of fused-ring (bicyclic) bond motifs is 1. The highest BCUT2D eigenvalue weighted by atomic mass is 16.5. The normalized spacial score (nSPS) is 10.7. The molecule has 0 unspecified atom stereocenters. The van der Waals surface area contributed by atoms with Crippen molar-refractivity contribution in [1.29, 1.82) is 0 Å². The first-order valence-electron chi connectivity index (χ1n) is 10.2. The quantitative estimate of drug-likeness (QED) is 0.578. The summed E-state index contributed by atoms with van der Waals surface area (Å²) in [4.78, 5) is 41.4. The number of rotatable bonds is 6. The van der Waals surface area contributed by atoms with E-state index in [1.165, 1.54) is 7.11 Å². The number of methoxy groups -OCH3 is 1. The third kappa shape index (κ3) is 5.12. The molecule has 0 bridgehead atoms. The third-order valence-corrected chi connectivity index (χ3v) is 5.08. The van der Waals surface area contributed by atoms with Crippen molar-refractivity contribution in [2.75, 3.05) is 19.0 Å². The number of hydrogen-bond acceptors (Lipinski definition) is 4. The van der Waals surface area contributed by atoms with Crippen molar-refractivity contribution in [1.82, 2.24) is 9.88 Å². The van der Waals surface area contributed by atoms with Crippen molar-refractivity contribution in [2.24, 2.45) is 0 Å². The van der Waals surface area contributed by atoms with Crippen molar-refractivity contribution >= 4 is 28.6 Å². The van der Waals surface area contributed by atoms with Crippen LogP contribution in [0.15, 0.2) is 47.3 Å². The number of anilines is 1. The second-order valence-electron chi connectivity index (χ2n) is 7.58. The number of nitrogens with one attached hydrogen (secondary N) is 2. The van der Waals surface area contributed by atoms with E-state index in [1.54, 1.807) is 35.2 Å². The number of hydrogen-bond donors (Lipinski definition) is 2. The zero-order valence-corrected chi connectivity index (χ0v) is 18.2. The number of esters is 1. The molecule has 7 heteroatoms. The molecule has 1 heterocycles. The lowest BCUT2D eigenvalue weighted by Crippen LogP contribution is -2.35. The van der Waals surface area contributed by atoms with Gasteiger partial charge in [0.2, 0.25) is 5.56 Å². The second-order valence-corrected chi connectivity index (χ2v) is 7.58. The van der Waals surface area contributed by atoms with Crippen molar-refractivity contribution in [2.45, 2.75) is 33.7 Å². The van der Waals surface area contributed by atoms with E-state index in [0.29, 0.717) is 24.3 Å². The fourth-order valence-electron chi connectivity index (χ4n) is 3.65. The van der Waals surface area contributed by atoms with E-state index < -0.39 is 5.97 Å². The van der Waals surface area contributed by atoms with Gasteiger partial charge in [-0.1, -0.05) is 18.6 Å². The number of carbonyl (C=O) groups is 2. The Balaban J connectivity index is 1.87. The Morgan fingerprint density at radius 1 is 1.10 bits per heavy atom. The van der Waals surface area contributed by atoms with Crippen molar-refractivity contribution in [3.8, 4) is 0 Å². The van der Waals surface area contributed by atoms with Crippen LogP contribution in [-0.2, 0) is 11.3 Å². The summed E-state index contributed by atoms with van der Waals surface area (Å²) in [6, 6.07) is 11.8. The van der Waals surface area contributed by atoms with Gasteiger partial charge in [0.15, 0.2) is 0 Å². The molecule has 162 valence electrons. The average Bonchev–Trinajstić information content (AvgIpc) is 2.74. The monoisotopic (exact) mass is 421 g/mol. The van der Waals surface area contributed by atoms with Crippen LogP contribution >= 0.6 is 0 Å². The molecule has 0 aliphatic heterocycles. The number of amides is 2. The van der Waals surface area contributed by atoms with Crippen LogP contribution in [-0.4, -0.2) is 35.5 Å². The lowest BCUT2D eigenvalue weighted by atomic mass is 10.0. The summed E-state index contributed by atoms with van der Waals surface area (Å²) in [6.45, 7) is 6.81. The van der Waals surface area contributed by atoms with Crippen LogP contribution in [0, 0.1) is 13.8 Å². The zero-order valence-electron chi connectivity index (χ0n) is 18.2. The number of carbonyl (C=O) groups excluding carboxylic acids is 2. The molecule has 3 aromatic rings. The lowest BCUT2D eigenvalue weighted by Gasteiger charge is -2.23. The van der Waals surface area contributed by atoms with E-state index in [0.717, 1.165) is 34.0 Å². The summed E-state index contributed by atoms with van der Waals surface area (Å²) >= 11 is 0. The number of aromatic nitrogens is 1. The molecule has 7 nitrogen and oxygen atoms in total. The van der Waals surface area contributed by atoms with Crippen LogP contribution in [0.25, 0.3) is 10.9 Å². The van der Waals surface area contributed by atoms with Gasteiger partial charge in [0.1, 0.15) is 0 Å². The summed E-state index contributed by atoms with van der Waals surface area (Å²) in [7, 11) is 1.32. The summed E-state index contributed by atoms with van der Waals surface area (Å²) in [5, 5.41) is 3.80. The molecule has 0 saturated carbocycles. The number of nitrogens with zero attached hydrogens (tertiary/aromatic N) is 1. The molecule has 0 radical (unpaired) electrons. The van der Waals surface area contributed by atoms with E-state index in [9.17, 15) is 14.4 Å². The van der Waals surface area contributed by atoms with E-state index in [4.69, 9.17) is 4.74 Å². The molecule has 2 amide bonds. The Labute approximate surface area is 181 Å². The van der Waals surface area contributed by atoms with Crippen molar-refractivity contribution in [3.05, 3.63) is 75.1 Å². The van der Waals surface area contributed by atoms with Gasteiger partial charge in [-0.3, -0.25) is 4.79 Å². The Kier molecular flexibility index (Phi) is 6.74. The van der Waals surface area contributed by atoms with Gasteiger partial charge < -0.3 is 19.9 Å². The predicted molar refractivity (Wildman–Crippen MR) is 122 cm³/mol. The maximum atomic E-state index is 13.0. The van der Waals surface area contributed by atoms with Crippen LogP contribution in [0.5, 0.6) is 0 Å². The molecule has 0 spiro atoms. The number of benzene rings is 2. The number of H-pyrrole nitrogens is 1. The summed E-state index contributed by atoms with van der Waals surface area (Å²) in [6.07, 6.45) is 0.772. The van der Waals surface area contributed by atoms with Gasteiger partial charge in [-0.05, 0) is 61.7 Å². The molecular formula is C24H27N3O4. The fraction of sp³-hybridized carbons (Fsp3) is 0.292. The van der Waals surface area contributed by atoms with Crippen LogP contribution in [0.3, 0.4) is 0 Å². The van der Waals surface area contributed by atoms with Crippen LogP contribution in [0.4, 0.5) is 10.5 Å². The molecule has 0 aliphatic rings. The number of aromatic amines is 1. The Morgan fingerprint density at radius 3 is 2.45 bits per heavy atom. The van der Waals surface area contributed by atoms with Crippen LogP contribution < -0.4 is 10.9 Å². The first-order valence-corrected chi connectivity index (χ1v) is 10.2. The smallest absolute Gasteiger partial charge is 0.337 e. The minimum Gasteiger partial charge on any atom is -0.465 e. The first-order chi connectivity index (χ1) is 14.8. The minimum atomic E-state index is -0.433. The van der Waals surface area contributed by atoms with Crippen LogP contribution in [0.1, 0.15) is 40.4 Å². The number of urea groups is 1. The molecule has 2 aromatic carbocycles. The topological polar surface area (TPSA) is 91.5 Å². The number of pyridine rings is 1. The minimum absolute atomic E-state index is 0.190. The molecular weight excluding hydrogens is 394 g/mol. The van der Waals surface area contributed by atoms with E-state index in [1.807, 2.05) is 32.9 Å². The number of aryl methyl sites for hydroxylation is 2. The van der Waals surface area contributed by atoms with Crippen LogP contribution in [0.2, 0.25) is 0 Å². The fourth-order valence-corrected chi connectivity index (χ4v) is 3.65. The zero-order chi connectivity index (χ0) is 22.5. The molecule has 0 saturated heterocycles. The maximum absolute atomic E-state index is 13.0. The van der Waals surface area contributed by atoms with Gasteiger partial charge in [0, 0.05) is 30.2 Å². The van der Waals surface area contributed by atoms with Gasteiger partial charge in [-0.15, -0.1) is 0 Å². The Bertz CT molecular complexity index is 1170. The Morgan fingerprint density at radius 2 is 1.81 bits per heavy atom. The van der Waals surface area contributed by atoms with Gasteiger partial charge in [-0.2, -0.15) is 0 Å². The number of ether oxygens (including phenoxy) is 1. The highest BCUT2D eigenvalue weighted by Crippen LogP contribution is 2.22. The molecule has 31 heavy (non-hydrogen) atoms. The van der Waals surface area contributed by atoms with Crippen molar-refractivity contribution in [3.63, 3.8) is 0 Å². The Hall–Kier alpha value is -3.61. The lowest BCUT2D eigenvalue weighted by molar-refractivity contribution is 0.0600. The van der Waals surface area contributed by atoms with E-state index in [-0.39, 0.29) is 11.6 Å². The van der Waals surface area contributed by atoms with Gasteiger partial charge in [0.05, 0.1) is 18.2 Å². The van der Waals surface area contributed by atoms with E-state index >= 15 is 0 Å². The third-order valence-electron chi connectivity index (χ3n) is 5.08. The largest absolute Gasteiger partial charge is 0.465 e. The molecule has 3 rings (SSSR count). The standard InChI is InChI=1S/C24H27N3O4/c1-5-10-27(24(30)25-19-8-6-17(7-9-19)23(29)31-4)14-18-13-21(28)26-22-16(3)11-15(2)12-20(18)22/h6-9,11-13H,5,10,14H2,1-4H3,(H,25,30)(H,26,28). The SMILES string of the molecule is CCCN(Cc1cc(=O)[nH]c2c(C)cc(C)cc12)C(=O)Nc1ccc(C(=O)OC)cc1. The van der Waals surface area contributed by atoms with Crippen molar-refractivity contribution < 1.29 is 14.3 Å². The summed E-state index contributed by atoms with van der Waals surface area (Å²) < 4.78 is 4.69. The van der Waals surface area contributed by atoms with Gasteiger partial charge in [-0.25, -0.2) is 9.59 Å². The average molecular weight is 421 g/mol. The predicted octanol–water partition coefficient (Wildman–Crippen LogP) is 4.38. The van der Waals surface area contributed by atoms with E-state index in [2.05, 4.69) is 10.3 Å². The molecule has 0 fully saturated rings. The molecule has 1 aromatic heterocycles. The summed E-state index contributed by atoms with van der Waals surface area (Å²) in [5.74, 6) is -0.433. The van der Waals surface area contributed by atoms with Gasteiger partial charge in [0.25, 0.3) is 0 Å².